The molecule has 1 fully saturated rings. The summed E-state index contributed by atoms with van der Waals surface area (Å²) in [7, 11) is 2.19. The lowest BCUT2D eigenvalue weighted by Crippen LogP contribution is -2.44. The number of pyridine rings is 1. The average molecular weight is 296 g/mol. The van der Waals surface area contributed by atoms with Gasteiger partial charge in [0.15, 0.2) is 0 Å². The van der Waals surface area contributed by atoms with Gasteiger partial charge in [0.2, 0.25) is 0 Å². The minimum Gasteiger partial charge on any atom is -0.369 e. The molecule has 1 aliphatic heterocycles. The Kier molecular flexibility index (Phi) is 5.03. The summed E-state index contributed by atoms with van der Waals surface area (Å²) in [6.07, 6.45) is 1.84. The smallest absolute Gasteiger partial charge is 0.0541 e. The lowest BCUT2D eigenvalue weighted by Gasteiger charge is -2.34. The van der Waals surface area contributed by atoms with E-state index >= 15 is 0 Å². The van der Waals surface area contributed by atoms with E-state index in [-0.39, 0.29) is 0 Å². The van der Waals surface area contributed by atoms with E-state index in [1.54, 1.807) is 0 Å². The second kappa shape index (κ2) is 7.38. The lowest BCUT2D eigenvalue weighted by atomic mass is 10.1. The van der Waals surface area contributed by atoms with E-state index in [0.717, 1.165) is 45.0 Å². The Hall–Kier alpha value is -1.91. The Bertz CT molecular complexity index is 559. The number of rotatable bonds is 5. The number of likely N-dealkylation sites (N-methyl/N-ethyl adjacent to an activating group) is 1. The largest absolute Gasteiger partial charge is 0.369 e. The number of aromatic nitrogens is 1. The van der Waals surface area contributed by atoms with Crippen molar-refractivity contribution in [3.63, 3.8) is 0 Å². The van der Waals surface area contributed by atoms with Gasteiger partial charge in [-0.1, -0.05) is 18.2 Å². The number of benzene rings is 1. The van der Waals surface area contributed by atoms with Gasteiger partial charge in [-0.2, -0.15) is 0 Å². The Balaban J connectivity index is 1.49. The molecule has 0 amide bonds. The fraction of sp³-hybridized carbons (Fsp3) is 0.389. The average Bonchev–Trinajstić information content (AvgIpc) is 2.57. The highest BCUT2D eigenvalue weighted by atomic mass is 15.2. The summed E-state index contributed by atoms with van der Waals surface area (Å²) in [6.45, 7) is 6.21. The van der Waals surface area contributed by atoms with Gasteiger partial charge >= 0.3 is 0 Å². The number of nitrogens with one attached hydrogen (secondary N) is 1. The summed E-state index contributed by atoms with van der Waals surface area (Å²) in [4.78, 5) is 9.16. The molecule has 0 atom stereocenters. The van der Waals surface area contributed by atoms with E-state index in [0.29, 0.717) is 0 Å². The number of piperazine rings is 1. The number of anilines is 1. The Morgan fingerprint density at radius 3 is 2.41 bits per heavy atom. The van der Waals surface area contributed by atoms with Crippen LogP contribution in [-0.4, -0.2) is 43.1 Å². The van der Waals surface area contributed by atoms with Crippen LogP contribution in [0.4, 0.5) is 5.69 Å². The maximum absolute atomic E-state index is 4.32. The summed E-state index contributed by atoms with van der Waals surface area (Å²) in [5.41, 5.74) is 3.73. The molecule has 0 bridgehead atoms. The molecule has 1 aliphatic rings. The van der Waals surface area contributed by atoms with Gasteiger partial charge in [0.1, 0.15) is 0 Å². The van der Waals surface area contributed by atoms with Crippen molar-refractivity contribution in [2.24, 2.45) is 0 Å². The van der Waals surface area contributed by atoms with Gasteiger partial charge in [-0.05, 0) is 36.9 Å². The van der Waals surface area contributed by atoms with Crippen molar-refractivity contribution in [2.45, 2.75) is 13.1 Å². The molecule has 2 aromatic rings. The van der Waals surface area contributed by atoms with E-state index in [2.05, 4.69) is 51.4 Å². The molecule has 0 aliphatic carbocycles. The normalized spacial score (nSPS) is 16.0. The molecule has 4 heteroatoms. The van der Waals surface area contributed by atoms with E-state index in [1.807, 2.05) is 24.4 Å². The maximum atomic E-state index is 4.32. The first-order valence-corrected chi connectivity index (χ1v) is 7.94. The SMILES string of the molecule is CN1CCN(c2ccc(CNCc3ccccn3)cc2)CC1. The molecule has 1 saturated heterocycles. The van der Waals surface area contributed by atoms with Crippen LogP contribution in [0, 0.1) is 0 Å². The zero-order chi connectivity index (χ0) is 15.2. The van der Waals surface area contributed by atoms with Crippen LogP contribution in [0.3, 0.4) is 0 Å². The van der Waals surface area contributed by atoms with Crippen molar-refractivity contribution in [1.82, 2.24) is 15.2 Å². The highest BCUT2D eigenvalue weighted by Gasteiger charge is 2.13. The summed E-state index contributed by atoms with van der Waals surface area (Å²) in [5.74, 6) is 0. The summed E-state index contributed by atoms with van der Waals surface area (Å²) in [5, 5.41) is 3.44. The van der Waals surface area contributed by atoms with E-state index in [1.165, 1.54) is 11.3 Å². The second-order valence-corrected chi connectivity index (χ2v) is 5.88. The van der Waals surface area contributed by atoms with Crippen LogP contribution in [0.5, 0.6) is 0 Å². The predicted molar refractivity (Wildman–Crippen MR) is 90.9 cm³/mol. The zero-order valence-corrected chi connectivity index (χ0v) is 13.2. The third kappa shape index (κ3) is 4.06. The molecule has 3 rings (SSSR count). The summed E-state index contributed by atoms with van der Waals surface area (Å²) < 4.78 is 0. The van der Waals surface area contributed by atoms with E-state index in [4.69, 9.17) is 0 Å². The lowest BCUT2D eigenvalue weighted by molar-refractivity contribution is 0.313. The molecule has 22 heavy (non-hydrogen) atoms. The van der Waals surface area contributed by atoms with Gasteiger partial charge in [-0.3, -0.25) is 4.98 Å². The Morgan fingerprint density at radius 2 is 1.73 bits per heavy atom. The molecule has 0 spiro atoms. The van der Waals surface area contributed by atoms with Gasteiger partial charge in [0.05, 0.1) is 5.69 Å². The first-order chi connectivity index (χ1) is 10.8. The van der Waals surface area contributed by atoms with Crippen molar-refractivity contribution >= 4 is 5.69 Å². The van der Waals surface area contributed by atoms with Crippen LogP contribution < -0.4 is 10.2 Å². The molecule has 0 unspecified atom stereocenters. The number of hydrogen-bond acceptors (Lipinski definition) is 4. The quantitative estimate of drug-likeness (QED) is 0.916. The van der Waals surface area contributed by atoms with Crippen LogP contribution in [0.2, 0.25) is 0 Å². The molecular weight excluding hydrogens is 272 g/mol. The van der Waals surface area contributed by atoms with Gasteiger partial charge < -0.3 is 15.1 Å². The minimum absolute atomic E-state index is 0.807. The topological polar surface area (TPSA) is 31.4 Å². The number of hydrogen-bond donors (Lipinski definition) is 1. The monoisotopic (exact) mass is 296 g/mol. The molecule has 0 radical (unpaired) electrons. The van der Waals surface area contributed by atoms with Gasteiger partial charge in [0, 0.05) is 51.2 Å². The fourth-order valence-corrected chi connectivity index (χ4v) is 2.73. The predicted octanol–water partition coefficient (Wildman–Crippen LogP) is 2.12. The second-order valence-electron chi connectivity index (χ2n) is 5.88. The van der Waals surface area contributed by atoms with Crippen molar-refractivity contribution < 1.29 is 0 Å². The maximum Gasteiger partial charge on any atom is 0.0541 e. The van der Waals surface area contributed by atoms with Crippen LogP contribution in [0.15, 0.2) is 48.7 Å². The summed E-state index contributed by atoms with van der Waals surface area (Å²) in [6, 6.07) is 14.9. The Morgan fingerprint density at radius 1 is 0.955 bits per heavy atom. The third-order valence-corrected chi connectivity index (χ3v) is 4.17. The highest BCUT2D eigenvalue weighted by Crippen LogP contribution is 2.17. The van der Waals surface area contributed by atoms with Crippen molar-refractivity contribution in [3.05, 3.63) is 59.9 Å². The van der Waals surface area contributed by atoms with Crippen molar-refractivity contribution in [1.29, 1.82) is 0 Å². The van der Waals surface area contributed by atoms with E-state index < -0.39 is 0 Å². The Labute approximate surface area is 132 Å². The third-order valence-electron chi connectivity index (χ3n) is 4.17. The van der Waals surface area contributed by atoms with Crippen LogP contribution >= 0.6 is 0 Å². The van der Waals surface area contributed by atoms with Gasteiger partial charge in [-0.25, -0.2) is 0 Å². The highest BCUT2D eigenvalue weighted by molar-refractivity contribution is 5.48. The molecule has 1 N–H and O–H groups in total. The molecule has 4 nitrogen and oxygen atoms in total. The molecule has 0 saturated carbocycles. The first-order valence-electron chi connectivity index (χ1n) is 7.94. The van der Waals surface area contributed by atoms with Gasteiger partial charge in [-0.15, -0.1) is 0 Å². The molecule has 116 valence electrons. The first kappa shape index (κ1) is 15.0. The zero-order valence-electron chi connectivity index (χ0n) is 13.2. The standard InChI is InChI=1S/C18H24N4/c1-21-10-12-22(13-11-21)18-7-5-16(6-8-18)14-19-15-17-4-2-3-9-20-17/h2-9,19H,10-15H2,1H3. The van der Waals surface area contributed by atoms with Crippen molar-refractivity contribution in [2.75, 3.05) is 38.1 Å². The molecule has 1 aromatic carbocycles. The molecule has 1 aromatic heterocycles. The van der Waals surface area contributed by atoms with Crippen LogP contribution in [0.25, 0.3) is 0 Å². The van der Waals surface area contributed by atoms with Gasteiger partial charge in [0.25, 0.3) is 0 Å². The van der Waals surface area contributed by atoms with E-state index in [9.17, 15) is 0 Å². The summed E-state index contributed by atoms with van der Waals surface area (Å²) >= 11 is 0. The molecular formula is C18H24N4. The van der Waals surface area contributed by atoms with Crippen LogP contribution in [0.1, 0.15) is 11.3 Å². The van der Waals surface area contributed by atoms with Crippen LogP contribution in [-0.2, 0) is 13.1 Å². The number of nitrogens with zero attached hydrogens (tertiary/aromatic N) is 3. The minimum atomic E-state index is 0.807. The van der Waals surface area contributed by atoms with Crippen molar-refractivity contribution in [3.8, 4) is 0 Å². The molecule has 2 heterocycles. The fourth-order valence-electron chi connectivity index (χ4n) is 2.73.